The molecule has 2 aromatic rings. The number of aromatic nitrogens is 4. The Balaban J connectivity index is 0.000000246. The lowest BCUT2D eigenvalue weighted by Crippen LogP contribution is -1.88. The van der Waals surface area contributed by atoms with Crippen LogP contribution in [-0.4, -0.2) is 25.4 Å². The number of hydrogen-bond donors (Lipinski definition) is 1. The van der Waals surface area contributed by atoms with Crippen LogP contribution in [0.1, 0.15) is 0 Å². The van der Waals surface area contributed by atoms with Crippen LogP contribution in [0.3, 0.4) is 0 Å². The molecule has 2 heterocycles. The van der Waals surface area contributed by atoms with E-state index in [1.54, 1.807) is 31.2 Å². The average Bonchev–Trinajstić information content (AvgIpc) is 3.05. The Morgan fingerprint density at radius 3 is 2.29 bits per heavy atom. The van der Waals surface area contributed by atoms with Gasteiger partial charge in [0.25, 0.3) is 0 Å². The number of aromatic amines is 1. The molecule has 17 heavy (non-hydrogen) atoms. The van der Waals surface area contributed by atoms with Crippen molar-refractivity contribution in [3.8, 4) is 24.7 Å². The number of terminal acetylenes is 2. The number of rotatable bonds is 1. The molecule has 0 radical (unpaired) electrons. The van der Waals surface area contributed by atoms with E-state index in [4.69, 9.17) is 18.0 Å². The van der Waals surface area contributed by atoms with Gasteiger partial charge in [0.05, 0.1) is 25.1 Å². The first-order chi connectivity index (χ1) is 8.35. The normalized spacial score (nSPS) is 7.47. The van der Waals surface area contributed by atoms with Crippen LogP contribution in [-0.2, 0) is 6.54 Å². The van der Waals surface area contributed by atoms with Gasteiger partial charge in [0.2, 0.25) is 0 Å². The van der Waals surface area contributed by atoms with E-state index >= 15 is 0 Å². The first kappa shape index (κ1) is 14.8. The Bertz CT molecular complexity index is 403. The summed E-state index contributed by atoms with van der Waals surface area (Å²) < 4.78 is 1.83. The number of alkyl halides is 1. The van der Waals surface area contributed by atoms with Gasteiger partial charge >= 0.3 is 0 Å². The van der Waals surface area contributed by atoms with Crippen LogP contribution in [0, 0.1) is 24.7 Å². The van der Waals surface area contributed by atoms with Crippen LogP contribution in [0.5, 0.6) is 0 Å². The molecule has 0 aliphatic rings. The lowest BCUT2D eigenvalue weighted by molar-refractivity contribution is 0.840. The zero-order chi connectivity index (χ0) is 12.8. The van der Waals surface area contributed by atoms with Crippen molar-refractivity contribution in [1.82, 2.24) is 19.5 Å². The smallest absolute Gasteiger partial charge is 0.0954 e. The molecular weight excluding hydrogens is 236 g/mol. The number of imidazole rings is 2. The fraction of sp³-hybridized carbons (Fsp3) is 0.167. The summed E-state index contributed by atoms with van der Waals surface area (Å²) in [7, 11) is 0. The lowest BCUT2D eigenvalue weighted by Gasteiger charge is -1.87. The molecular formula is C12H13ClN4. The first-order valence-corrected chi connectivity index (χ1v) is 5.20. The molecule has 0 aliphatic heterocycles. The second kappa shape index (κ2) is 11.9. The predicted octanol–water partition coefficient (Wildman–Crippen LogP) is 1.78. The summed E-state index contributed by atoms with van der Waals surface area (Å²) >= 11 is 4.95. The maximum absolute atomic E-state index is 5.02. The topological polar surface area (TPSA) is 46.5 Å². The molecule has 0 saturated carbocycles. The van der Waals surface area contributed by atoms with Crippen LogP contribution in [0.2, 0.25) is 0 Å². The third-order valence-corrected chi connectivity index (χ3v) is 1.47. The quantitative estimate of drug-likeness (QED) is 0.618. The second-order valence-electron chi connectivity index (χ2n) is 2.54. The number of H-pyrrole nitrogens is 1. The Labute approximate surface area is 106 Å². The van der Waals surface area contributed by atoms with Crippen molar-refractivity contribution in [2.45, 2.75) is 6.54 Å². The van der Waals surface area contributed by atoms with E-state index in [-0.39, 0.29) is 0 Å². The summed E-state index contributed by atoms with van der Waals surface area (Å²) in [5.41, 5.74) is 0. The van der Waals surface area contributed by atoms with E-state index in [1.807, 2.05) is 10.8 Å². The van der Waals surface area contributed by atoms with E-state index in [0.29, 0.717) is 12.4 Å². The number of nitrogens with zero attached hydrogens (tertiary/aromatic N) is 3. The molecule has 0 bridgehead atoms. The van der Waals surface area contributed by atoms with Crippen LogP contribution in [0.4, 0.5) is 0 Å². The van der Waals surface area contributed by atoms with Gasteiger partial charge in [-0.2, -0.15) is 0 Å². The molecule has 5 heteroatoms. The minimum atomic E-state index is 0.319. The molecule has 0 unspecified atom stereocenters. The van der Waals surface area contributed by atoms with Crippen molar-refractivity contribution < 1.29 is 0 Å². The number of hydrogen-bond acceptors (Lipinski definition) is 2. The Kier molecular flexibility index (Phi) is 10.4. The van der Waals surface area contributed by atoms with Crippen molar-refractivity contribution >= 4 is 11.6 Å². The highest BCUT2D eigenvalue weighted by atomic mass is 35.5. The van der Waals surface area contributed by atoms with Crippen molar-refractivity contribution in [1.29, 1.82) is 0 Å². The SMILES string of the molecule is C#CCCl.C#CCn1ccnc1.c1c[nH]cn1. The van der Waals surface area contributed by atoms with Gasteiger partial charge < -0.3 is 9.55 Å². The average molecular weight is 249 g/mol. The van der Waals surface area contributed by atoms with E-state index in [9.17, 15) is 0 Å². The molecule has 0 saturated heterocycles. The number of halogens is 1. The second-order valence-corrected chi connectivity index (χ2v) is 2.80. The molecule has 0 aliphatic carbocycles. The highest BCUT2D eigenvalue weighted by Gasteiger charge is 1.79. The molecule has 0 aromatic carbocycles. The zero-order valence-corrected chi connectivity index (χ0v) is 10.0. The van der Waals surface area contributed by atoms with E-state index in [1.165, 1.54) is 0 Å². The van der Waals surface area contributed by atoms with Crippen LogP contribution >= 0.6 is 11.6 Å². The fourth-order valence-corrected chi connectivity index (χ4v) is 0.701. The van der Waals surface area contributed by atoms with Crippen molar-refractivity contribution in [3.05, 3.63) is 37.4 Å². The fourth-order valence-electron chi connectivity index (χ4n) is 0.701. The summed E-state index contributed by atoms with van der Waals surface area (Å²) in [5.74, 6) is 5.01. The van der Waals surface area contributed by atoms with Crippen LogP contribution in [0.25, 0.3) is 0 Å². The van der Waals surface area contributed by atoms with Crippen molar-refractivity contribution in [2.75, 3.05) is 5.88 Å². The highest BCUT2D eigenvalue weighted by molar-refractivity contribution is 6.19. The highest BCUT2D eigenvalue weighted by Crippen LogP contribution is 1.81. The third kappa shape index (κ3) is 10.1. The molecule has 0 atom stereocenters. The summed E-state index contributed by atoms with van der Waals surface area (Å²) in [6, 6.07) is 0. The van der Waals surface area contributed by atoms with Gasteiger partial charge in [-0.3, -0.25) is 0 Å². The summed E-state index contributed by atoms with van der Waals surface area (Å²) in [6.07, 6.45) is 20.0. The third-order valence-electron chi connectivity index (χ3n) is 1.32. The first-order valence-electron chi connectivity index (χ1n) is 4.66. The van der Waals surface area contributed by atoms with Gasteiger partial charge in [0, 0.05) is 24.8 Å². The van der Waals surface area contributed by atoms with Crippen molar-refractivity contribution in [2.24, 2.45) is 0 Å². The minimum Gasteiger partial charge on any atom is -0.351 e. The Morgan fingerprint density at radius 1 is 1.24 bits per heavy atom. The molecule has 4 nitrogen and oxygen atoms in total. The molecule has 2 aromatic heterocycles. The molecule has 0 amide bonds. The zero-order valence-electron chi connectivity index (χ0n) is 9.25. The molecule has 1 N–H and O–H groups in total. The largest absolute Gasteiger partial charge is 0.351 e. The van der Waals surface area contributed by atoms with E-state index in [2.05, 4.69) is 33.2 Å². The van der Waals surface area contributed by atoms with Crippen LogP contribution in [0.15, 0.2) is 37.4 Å². The molecule has 88 valence electrons. The van der Waals surface area contributed by atoms with Crippen LogP contribution < -0.4 is 0 Å². The van der Waals surface area contributed by atoms with E-state index < -0.39 is 0 Å². The molecule has 2 rings (SSSR count). The van der Waals surface area contributed by atoms with Crippen molar-refractivity contribution in [3.63, 3.8) is 0 Å². The van der Waals surface area contributed by atoms with Gasteiger partial charge in [-0.15, -0.1) is 24.4 Å². The van der Waals surface area contributed by atoms with E-state index in [0.717, 1.165) is 0 Å². The molecule has 0 fully saturated rings. The summed E-state index contributed by atoms with van der Waals surface area (Å²) in [5, 5.41) is 0. The molecule has 0 spiro atoms. The maximum Gasteiger partial charge on any atom is 0.0954 e. The minimum absolute atomic E-state index is 0.319. The summed E-state index contributed by atoms with van der Waals surface area (Å²) in [4.78, 5) is 10.2. The Hall–Kier alpha value is -2.17. The maximum atomic E-state index is 5.02. The summed E-state index contributed by atoms with van der Waals surface area (Å²) in [6.45, 7) is 0.611. The van der Waals surface area contributed by atoms with Gasteiger partial charge in [-0.05, 0) is 0 Å². The number of nitrogens with one attached hydrogen (secondary N) is 1. The monoisotopic (exact) mass is 248 g/mol. The predicted molar refractivity (Wildman–Crippen MR) is 69.2 cm³/mol. The lowest BCUT2D eigenvalue weighted by atomic mass is 10.6. The van der Waals surface area contributed by atoms with Gasteiger partial charge in [-0.1, -0.05) is 11.8 Å². The van der Waals surface area contributed by atoms with Gasteiger partial charge in [-0.25, -0.2) is 9.97 Å². The Morgan fingerprint density at radius 2 is 2.00 bits per heavy atom. The van der Waals surface area contributed by atoms with Gasteiger partial charge in [0.1, 0.15) is 0 Å². The standard InChI is InChI=1S/C6H6N2.C3H3Cl.C3H4N2/c1-2-4-8-5-3-7-6-8;1-2-3-4;1-2-5-3-4-1/h1,3,5-6H,4H2;1H,3H2;1-3H,(H,4,5). The van der Waals surface area contributed by atoms with Gasteiger partial charge in [0.15, 0.2) is 0 Å².